The Morgan fingerprint density at radius 2 is 1.57 bits per heavy atom. The van der Waals surface area contributed by atoms with Crippen LogP contribution in [0.2, 0.25) is 0 Å². The largest absolute Gasteiger partial charge is 0.399 e. The molecule has 0 unspecified atom stereocenters. The second-order valence-electron chi connectivity index (χ2n) is 12.8. The van der Waals surface area contributed by atoms with Crippen molar-refractivity contribution in [3.63, 3.8) is 0 Å². The van der Waals surface area contributed by atoms with Crippen LogP contribution in [0.25, 0.3) is 22.2 Å². The molecule has 0 aliphatic carbocycles. The number of amides is 2. The first-order chi connectivity index (χ1) is 22.4. The number of benzene rings is 4. The number of nitrogens with zero attached hydrogens (tertiary/aromatic N) is 3. The van der Waals surface area contributed by atoms with Crippen LogP contribution in [0.5, 0.6) is 0 Å². The Bertz CT molecular complexity index is 1760. The average molecular weight is 614 g/mol. The maximum Gasteiger partial charge on any atom is 0.324 e. The first kappa shape index (κ1) is 31.4. The Kier molecular flexibility index (Phi) is 9.74. The summed E-state index contributed by atoms with van der Waals surface area (Å²) in [5.41, 5.74) is 17.7. The van der Waals surface area contributed by atoms with Crippen molar-refractivity contribution in [2.75, 3.05) is 43.4 Å². The molecule has 4 aromatic carbocycles. The minimum absolute atomic E-state index is 0.0986. The molecule has 0 bridgehead atoms. The molecule has 1 fully saturated rings. The Morgan fingerprint density at radius 3 is 2.28 bits per heavy atom. The number of nitrogen functional groups attached to an aromatic ring is 1. The molecule has 0 spiro atoms. The molecule has 2 heterocycles. The average Bonchev–Trinajstić information content (AvgIpc) is 3.62. The third-order valence-electron chi connectivity index (χ3n) is 9.28. The SMILES string of the molecule is CCN1CCN(c2ccc3[nH]c(-c4cc(C)cc(C)c4)c(CCN(CCCCc4ccc(N)cc4)Cc4ccccc4)c3c2)C1=O. The predicted octanol–water partition coefficient (Wildman–Crippen LogP) is 8.36. The fourth-order valence-electron chi connectivity index (χ4n) is 6.87. The van der Waals surface area contributed by atoms with E-state index in [1.165, 1.54) is 44.5 Å². The van der Waals surface area contributed by atoms with Crippen LogP contribution in [0.15, 0.2) is 91.0 Å². The number of carbonyl (C=O) groups is 1. The van der Waals surface area contributed by atoms with Crippen LogP contribution in [-0.2, 0) is 19.4 Å². The van der Waals surface area contributed by atoms with Crippen molar-refractivity contribution in [2.24, 2.45) is 0 Å². The molecular weight excluding hydrogens is 566 g/mol. The zero-order chi connectivity index (χ0) is 32.0. The van der Waals surface area contributed by atoms with Crippen molar-refractivity contribution >= 4 is 28.3 Å². The number of anilines is 2. The number of nitrogens with two attached hydrogens (primary N) is 1. The molecule has 1 aliphatic rings. The summed E-state index contributed by atoms with van der Waals surface area (Å²) in [4.78, 5) is 23.4. The van der Waals surface area contributed by atoms with E-state index in [0.29, 0.717) is 0 Å². The van der Waals surface area contributed by atoms with Gasteiger partial charge in [0.2, 0.25) is 0 Å². The minimum Gasteiger partial charge on any atom is -0.399 e. The lowest BCUT2D eigenvalue weighted by Crippen LogP contribution is -2.31. The van der Waals surface area contributed by atoms with Gasteiger partial charge in [-0.15, -0.1) is 0 Å². The van der Waals surface area contributed by atoms with Gasteiger partial charge in [-0.25, -0.2) is 4.79 Å². The number of aromatic amines is 1. The zero-order valence-electron chi connectivity index (χ0n) is 27.6. The van der Waals surface area contributed by atoms with Crippen LogP contribution < -0.4 is 10.6 Å². The van der Waals surface area contributed by atoms with E-state index in [0.717, 1.165) is 81.8 Å². The molecular formula is C40H47N5O. The van der Waals surface area contributed by atoms with Crippen molar-refractivity contribution < 1.29 is 4.79 Å². The summed E-state index contributed by atoms with van der Waals surface area (Å²) in [7, 11) is 0. The molecule has 6 nitrogen and oxygen atoms in total. The van der Waals surface area contributed by atoms with E-state index in [2.05, 4.69) is 103 Å². The Morgan fingerprint density at radius 1 is 0.804 bits per heavy atom. The van der Waals surface area contributed by atoms with Gasteiger partial charge < -0.3 is 15.6 Å². The standard InChI is InChI=1S/C40H47N5O/c1-4-44-22-23-45(40(44)46)35-17-18-38-37(27-35)36(39(42-38)33-25-29(2)24-30(3)26-33)19-21-43(28-32-11-6-5-7-12-32)20-9-8-10-31-13-15-34(41)16-14-31/h5-7,11-18,24-27,42H,4,8-10,19-23,28,41H2,1-3H3. The van der Waals surface area contributed by atoms with Gasteiger partial charge in [-0.3, -0.25) is 9.80 Å². The highest BCUT2D eigenvalue weighted by Crippen LogP contribution is 2.35. The number of hydrogen-bond acceptors (Lipinski definition) is 3. The van der Waals surface area contributed by atoms with Gasteiger partial charge in [0.1, 0.15) is 0 Å². The summed E-state index contributed by atoms with van der Waals surface area (Å²) in [5, 5.41) is 1.21. The zero-order valence-corrected chi connectivity index (χ0v) is 27.6. The summed E-state index contributed by atoms with van der Waals surface area (Å²) in [6.07, 6.45) is 4.24. The number of urea groups is 1. The molecule has 0 radical (unpaired) electrons. The number of H-pyrrole nitrogens is 1. The van der Waals surface area contributed by atoms with E-state index >= 15 is 0 Å². The van der Waals surface area contributed by atoms with Crippen molar-refractivity contribution in [3.05, 3.63) is 119 Å². The van der Waals surface area contributed by atoms with Crippen LogP contribution in [-0.4, -0.2) is 53.5 Å². The predicted molar refractivity (Wildman–Crippen MR) is 192 cm³/mol. The summed E-state index contributed by atoms with van der Waals surface area (Å²) >= 11 is 0. The normalized spacial score (nSPS) is 13.4. The molecule has 1 saturated heterocycles. The van der Waals surface area contributed by atoms with E-state index in [1.54, 1.807) is 0 Å². The molecule has 5 aromatic rings. The Balaban J connectivity index is 1.28. The monoisotopic (exact) mass is 613 g/mol. The van der Waals surface area contributed by atoms with Gasteiger partial charge in [-0.2, -0.15) is 0 Å². The molecule has 6 rings (SSSR count). The van der Waals surface area contributed by atoms with Crippen molar-refractivity contribution in [3.8, 4) is 11.3 Å². The highest BCUT2D eigenvalue weighted by Gasteiger charge is 2.29. The van der Waals surface area contributed by atoms with Crippen LogP contribution in [0.1, 0.15) is 47.6 Å². The van der Waals surface area contributed by atoms with Crippen molar-refractivity contribution in [1.29, 1.82) is 0 Å². The Labute approximate surface area is 273 Å². The first-order valence-electron chi connectivity index (χ1n) is 16.8. The number of aryl methyl sites for hydroxylation is 3. The van der Waals surface area contributed by atoms with Crippen molar-refractivity contribution in [1.82, 2.24) is 14.8 Å². The van der Waals surface area contributed by atoms with E-state index in [1.807, 2.05) is 28.9 Å². The van der Waals surface area contributed by atoms with E-state index in [4.69, 9.17) is 5.73 Å². The van der Waals surface area contributed by atoms with Gasteiger partial charge in [0.05, 0.1) is 0 Å². The summed E-state index contributed by atoms with van der Waals surface area (Å²) in [6, 6.07) is 32.5. The first-order valence-corrected chi connectivity index (χ1v) is 16.8. The van der Waals surface area contributed by atoms with Crippen LogP contribution >= 0.6 is 0 Å². The quantitative estimate of drug-likeness (QED) is 0.104. The minimum atomic E-state index is 0.0986. The topological polar surface area (TPSA) is 68.6 Å². The maximum absolute atomic E-state index is 13.1. The van der Waals surface area contributed by atoms with E-state index in [-0.39, 0.29) is 6.03 Å². The summed E-state index contributed by atoms with van der Waals surface area (Å²) in [6.45, 7) is 11.5. The van der Waals surface area contributed by atoms with Gasteiger partial charge in [0.25, 0.3) is 0 Å². The van der Waals surface area contributed by atoms with Crippen LogP contribution in [0.3, 0.4) is 0 Å². The van der Waals surface area contributed by atoms with E-state index in [9.17, 15) is 4.79 Å². The maximum atomic E-state index is 13.1. The summed E-state index contributed by atoms with van der Waals surface area (Å²) in [5.74, 6) is 0. The fraction of sp³-hybridized carbons (Fsp3) is 0.325. The van der Waals surface area contributed by atoms with Gasteiger partial charge in [-0.05, 0) is 118 Å². The number of hydrogen-bond donors (Lipinski definition) is 2. The lowest BCUT2D eigenvalue weighted by Gasteiger charge is -2.23. The molecule has 1 aromatic heterocycles. The third kappa shape index (κ3) is 7.29. The van der Waals surface area contributed by atoms with Crippen molar-refractivity contribution in [2.45, 2.75) is 53.0 Å². The van der Waals surface area contributed by atoms with E-state index < -0.39 is 0 Å². The van der Waals surface area contributed by atoms with Gasteiger partial charge in [0, 0.05) is 60.7 Å². The number of carbonyl (C=O) groups excluding carboxylic acids is 1. The second kappa shape index (κ2) is 14.3. The number of nitrogens with one attached hydrogen (secondary N) is 1. The highest BCUT2D eigenvalue weighted by molar-refractivity contribution is 5.99. The number of likely N-dealkylation sites (N-methyl/N-ethyl adjacent to an activating group) is 1. The molecule has 3 N–H and O–H groups in total. The van der Waals surface area contributed by atoms with Gasteiger partial charge in [-0.1, -0.05) is 59.7 Å². The Hall–Kier alpha value is -4.55. The van der Waals surface area contributed by atoms with Crippen LogP contribution in [0.4, 0.5) is 16.2 Å². The lowest BCUT2D eigenvalue weighted by atomic mass is 9.99. The summed E-state index contributed by atoms with van der Waals surface area (Å²) < 4.78 is 0. The highest BCUT2D eigenvalue weighted by atomic mass is 16.2. The molecule has 46 heavy (non-hydrogen) atoms. The number of unbranched alkanes of at least 4 members (excludes halogenated alkanes) is 1. The number of aromatic nitrogens is 1. The van der Waals surface area contributed by atoms with Crippen LogP contribution in [0, 0.1) is 13.8 Å². The lowest BCUT2D eigenvalue weighted by molar-refractivity contribution is 0.223. The molecule has 2 amide bonds. The van der Waals surface area contributed by atoms with Gasteiger partial charge in [0.15, 0.2) is 0 Å². The smallest absolute Gasteiger partial charge is 0.324 e. The molecule has 6 heteroatoms. The number of rotatable bonds is 13. The second-order valence-corrected chi connectivity index (χ2v) is 12.8. The number of fused-ring (bicyclic) bond motifs is 1. The third-order valence-corrected chi connectivity index (χ3v) is 9.28. The fourth-order valence-corrected chi connectivity index (χ4v) is 6.87. The molecule has 0 saturated carbocycles. The molecule has 0 atom stereocenters. The molecule has 238 valence electrons. The molecule has 1 aliphatic heterocycles. The van der Waals surface area contributed by atoms with Gasteiger partial charge >= 0.3 is 6.03 Å².